The minimum absolute atomic E-state index is 0.123. The van der Waals surface area contributed by atoms with Crippen LogP contribution in [0, 0.1) is 5.92 Å². The summed E-state index contributed by atoms with van der Waals surface area (Å²) in [6, 6.07) is 7.35. The van der Waals surface area contributed by atoms with Crippen LogP contribution in [0.25, 0.3) is 0 Å². The van der Waals surface area contributed by atoms with Gasteiger partial charge in [0.1, 0.15) is 6.54 Å². The Labute approximate surface area is 139 Å². The Bertz CT molecular complexity index is 632. The third kappa shape index (κ3) is 4.70. The fourth-order valence-corrected chi connectivity index (χ4v) is 3.63. The predicted molar refractivity (Wildman–Crippen MR) is 93.0 cm³/mol. The number of nitrogens with zero attached hydrogens (tertiary/aromatic N) is 2. The van der Waals surface area contributed by atoms with Crippen molar-refractivity contribution >= 4 is 21.6 Å². The fraction of sp³-hybridized carbons (Fsp3) is 0.588. The van der Waals surface area contributed by atoms with Crippen LogP contribution in [0.5, 0.6) is 0 Å². The number of aryl methyl sites for hydroxylation is 1. The van der Waals surface area contributed by atoms with Gasteiger partial charge in [-0.15, -0.1) is 0 Å². The first-order chi connectivity index (χ1) is 10.8. The van der Waals surface area contributed by atoms with Crippen LogP contribution >= 0.6 is 0 Å². The first-order valence-corrected chi connectivity index (χ1v) is 10.0. The van der Waals surface area contributed by atoms with E-state index in [-0.39, 0.29) is 12.5 Å². The van der Waals surface area contributed by atoms with Crippen LogP contribution in [-0.2, 0) is 21.2 Å². The first kappa shape index (κ1) is 17.8. The molecule has 0 aliphatic carbocycles. The monoisotopic (exact) mass is 338 g/mol. The minimum Gasteiger partial charge on any atom is -0.341 e. The number of anilines is 1. The summed E-state index contributed by atoms with van der Waals surface area (Å²) in [7, 11) is -3.50. The lowest BCUT2D eigenvalue weighted by Gasteiger charge is -2.32. The SMILES string of the molecule is CCc1ccc(N(CC(=O)N2CCC(C)CC2)S(C)(=O)=O)cc1. The van der Waals surface area contributed by atoms with E-state index in [0.29, 0.717) is 24.7 Å². The smallest absolute Gasteiger partial charge is 0.243 e. The molecule has 23 heavy (non-hydrogen) atoms. The zero-order valence-electron chi connectivity index (χ0n) is 14.2. The highest BCUT2D eigenvalue weighted by Gasteiger charge is 2.26. The number of likely N-dealkylation sites (tertiary alicyclic amines) is 1. The third-order valence-corrected chi connectivity index (χ3v) is 5.59. The summed E-state index contributed by atoms with van der Waals surface area (Å²) >= 11 is 0. The van der Waals surface area contributed by atoms with Crippen LogP contribution in [0.1, 0.15) is 32.3 Å². The van der Waals surface area contributed by atoms with Crippen molar-refractivity contribution in [1.29, 1.82) is 0 Å². The van der Waals surface area contributed by atoms with Gasteiger partial charge in [-0.25, -0.2) is 8.42 Å². The van der Waals surface area contributed by atoms with E-state index in [1.54, 1.807) is 17.0 Å². The molecule has 2 rings (SSSR count). The van der Waals surface area contributed by atoms with Gasteiger partial charge in [0.2, 0.25) is 15.9 Å². The van der Waals surface area contributed by atoms with Gasteiger partial charge in [-0.2, -0.15) is 0 Å². The molecule has 0 spiro atoms. The summed E-state index contributed by atoms with van der Waals surface area (Å²) in [6.07, 6.45) is 4.00. The molecule has 0 aromatic heterocycles. The molecule has 0 saturated carbocycles. The van der Waals surface area contributed by atoms with Gasteiger partial charge >= 0.3 is 0 Å². The van der Waals surface area contributed by atoms with Crippen molar-refractivity contribution in [1.82, 2.24) is 4.90 Å². The lowest BCUT2D eigenvalue weighted by atomic mass is 9.99. The summed E-state index contributed by atoms with van der Waals surface area (Å²) in [5.74, 6) is 0.508. The predicted octanol–water partition coefficient (Wildman–Crippen LogP) is 2.27. The number of hydrogen-bond donors (Lipinski definition) is 0. The number of sulfonamides is 1. The van der Waals surface area contributed by atoms with E-state index in [0.717, 1.165) is 31.1 Å². The average molecular weight is 338 g/mol. The van der Waals surface area contributed by atoms with Crippen molar-refractivity contribution in [2.24, 2.45) is 5.92 Å². The van der Waals surface area contributed by atoms with Crippen LogP contribution in [-0.4, -0.2) is 45.1 Å². The van der Waals surface area contributed by atoms with Gasteiger partial charge in [0, 0.05) is 13.1 Å². The summed E-state index contributed by atoms with van der Waals surface area (Å²) in [4.78, 5) is 14.3. The molecule has 0 bridgehead atoms. The summed E-state index contributed by atoms with van der Waals surface area (Å²) < 4.78 is 25.4. The second kappa shape index (κ2) is 7.34. The van der Waals surface area contributed by atoms with Crippen molar-refractivity contribution in [3.8, 4) is 0 Å². The molecule has 1 aliphatic rings. The quantitative estimate of drug-likeness (QED) is 0.827. The molecule has 1 amide bonds. The van der Waals surface area contributed by atoms with E-state index in [2.05, 4.69) is 6.92 Å². The van der Waals surface area contributed by atoms with Gasteiger partial charge in [-0.05, 0) is 42.9 Å². The number of amides is 1. The second-order valence-electron chi connectivity index (χ2n) is 6.35. The van der Waals surface area contributed by atoms with Gasteiger partial charge in [-0.3, -0.25) is 9.10 Å². The maximum absolute atomic E-state index is 12.5. The lowest BCUT2D eigenvalue weighted by Crippen LogP contribution is -2.45. The van der Waals surface area contributed by atoms with Crippen LogP contribution < -0.4 is 4.31 Å². The molecule has 6 heteroatoms. The molecule has 0 N–H and O–H groups in total. The molecular formula is C17H26N2O3S. The van der Waals surface area contributed by atoms with Crippen LogP contribution in [0.3, 0.4) is 0 Å². The minimum atomic E-state index is -3.50. The van der Waals surface area contributed by atoms with Crippen LogP contribution in [0.2, 0.25) is 0 Å². The molecule has 0 radical (unpaired) electrons. The van der Waals surface area contributed by atoms with Crippen molar-refractivity contribution in [3.63, 3.8) is 0 Å². The van der Waals surface area contributed by atoms with Crippen molar-refractivity contribution in [3.05, 3.63) is 29.8 Å². The van der Waals surface area contributed by atoms with Gasteiger partial charge in [0.05, 0.1) is 11.9 Å². The van der Waals surface area contributed by atoms with Gasteiger partial charge in [-0.1, -0.05) is 26.0 Å². The van der Waals surface area contributed by atoms with Crippen molar-refractivity contribution < 1.29 is 13.2 Å². The van der Waals surface area contributed by atoms with Gasteiger partial charge in [0.25, 0.3) is 0 Å². The standard InChI is InChI=1S/C17H26N2O3S/c1-4-15-5-7-16(8-6-15)19(23(3,21)22)13-17(20)18-11-9-14(2)10-12-18/h5-8,14H,4,9-13H2,1-3H3. The highest BCUT2D eigenvalue weighted by Crippen LogP contribution is 2.20. The highest BCUT2D eigenvalue weighted by molar-refractivity contribution is 7.92. The highest BCUT2D eigenvalue weighted by atomic mass is 32.2. The molecule has 1 aromatic rings. The Morgan fingerprint density at radius 2 is 1.78 bits per heavy atom. The number of rotatable bonds is 5. The summed E-state index contributed by atoms with van der Waals surface area (Å²) in [5, 5.41) is 0. The average Bonchev–Trinajstić information content (AvgIpc) is 2.52. The Hall–Kier alpha value is -1.56. The third-order valence-electron chi connectivity index (χ3n) is 4.45. The summed E-state index contributed by atoms with van der Waals surface area (Å²) in [5.41, 5.74) is 1.68. The number of carbonyl (C=O) groups is 1. The molecule has 1 fully saturated rings. The second-order valence-corrected chi connectivity index (χ2v) is 8.26. The van der Waals surface area contributed by atoms with E-state index in [9.17, 15) is 13.2 Å². The molecule has 5 nitrogen and oxygen atoms in total. The van der Waals surface area contributed by atoms with Crippen LogP contribution in [0.4, 0.5) is 5.69 Å². The molecule has 1 heterocycles. The molecule has 1 aromatic carbocycles. The van der Waals surface area contributed by atoms with E-state index in [1.807, 2.05) is 19.1 Å². The van der Waals surface area contributed by atoms with E-state index >= 15 is 0 Å². The number of hydrogen-bond acceptors (Lipinski definition) is 3. The topological polar surface area (TPSA) is 57.7 Å². The largest absolute Gasteiger partial charge is 0.341 e. The van der Waals surface area contributed by atoms with Gasteiger partial charge in [0.15, 0.2) is 0 Å². The molecule has 128 valence electrons. The zero-order valence-corrected chi connectivity index (χ0v) is 15.0. The maximum Gasteiger partial charge on any atom is 0.243 e. The van der Waals surface area contributed by atoms with Crippen molar-refractivity contribution in [2.75, 3.05) is 30.2 Å². The molecule has 1 saturated heterocycles. The van der Waals surface area contributed by atoms with Crippen LogP contribution in [0.15, 0.2) is 24.3 Å². The van der Waals surface area contributed by atoms with Crippen molar-refractivity contribution in [2.45, 2.75) is 33.1 Å². The Balaban J connectivity index is 2.14. The Morgan fingerprint density at radius 3 is 2.26 bits per heavy atom. The number of piperidine rings is 1. The Morgan fingerprint density at radius 1 is 1.22 bits per heavy atom. The normalized spacial score (nSPS) is 16.4. The zero-order chi connectivity index (χ0) is 17.0. The number of carbonyl (C=O) groups excluding carboxylic acids is 1. The Kier molecular flexibility index (Phi) is 5.68. The van der Waals surface area contributed by atoms with E-state index in [4.69, 9.17) is 0 Å². The molecule has 0 atom stereocenters. The fourth-order valence-electron chi connectivity index (χ4n) is 2.78. The molecular weight excluding hydrogens is 312 g/mol. The lowest BCUT2D eigenvalue weighted by molar-refractivity contribution is -0.130. The van der Waals surface area contributed by atoms with E-state index in [1.165, 1.54) is 4.31 Å². The number of benzene rings is 1. The van der Waals surface area contributed by atoms with E-state index < -0.39 is 10.0 Å². The molecule has 0 unspecified atom stereocenters. The summed E-state index contributed by atoms with van der Waals surface area (Å²) in [6.45, 7) is 5.53. The maximum atomic E-state index is 12.5. The van der Waals surface area contributed by atoms with Gasteiger partial charge < -0.3 is 4.90 Å². The molecule has 1 aliphatic heterocycles. The first-order valence-electron chi connectivity index (χ1n) is 8.15.